The number of nitrogens with zero attached hydrogens (tertiary/aromatic N) is 1. The molecule has 0 aliphatic carbocycles. The molecule has 0 saturated heterocycles. The SMILES string of the molecule is C=C(C)C(=O)OCCCCCCCC/[P+]([O-])=C(\O)C[N+](C)(C)C. The maximum atomic E-state index is 11.9. The van der Waals surface area contributed by atoms with Gasteiger partial charge in [-0.2, -0.15) is 0 Å². The van der Waals surface area contributed by atoms with Gasteiger partial charge in [-0.05, 0) is 26.2 Å². The molecule has 5 nitrogen and oxygen atoms in total. The molecule has 134 valence electrons. The minimum atomic E-state index is -1.61. The summed E-state index contributed by atoms with van der Waals surface area (Å²) in [5.41, 5.74) is 0.566. The van der Waals surface area contributed by atoms with Crippen molar-refractivity contribution < 1.29 is 24.0 Å². The van der Waals surface area contributed by atoms with Crippen LogP contribution in [0.25, 0.3) is 0 Å². The molecule has 0 aromatic rings. The van der Waals surface area contributed by atoms with Crippen molar-refractivity contribution in [2.75, 3.05) is 40.5 Å². The van der Waals surface area contributed by atoms with Gasteiger partial charge in [0.05, 0.1) is 35.5 Å². The molecule has 0 aliphatic rings. The van der Waals surface area contributed by atoms with Crippen molar-refractivity contribution in [1.82, 2.24) is 0 Å². The lowest BCUT2D eigenvalue weighted by Gasteiger charge is -2.22. The predicted molar refractivity (Wildman–Crippen MR) is 95.1 cm³/mol. The monoisotopic (exact) mass is 346 g/mol. The van der Waals surface area contributed by atoms with Crippen LogP contribution >= 0.6 is 7.77 Å². The van der Waals surface area contributed by atoms with E-state index in [1.54, 1.807) is 6.92 Å². The highest BCUT2D eigenvalue weighted by Gasteiger charge is 2.16. The van der Waals surface area contributed by atoms with E-state index >= 15 is 0 Å². The van der Waals surface area contributed by atoms with E-state index in [1.165, 1.54) is 0 Å². The molecule has 0 fully saturated rings. The first-order valence-corrected chi connectivity index (χ1v) is 9.70. The van der Waals surface area contributed by atoms with Crippen molar-refractivity contribution in [3.05, 3.63) is 12.2 Å². The molecule has 6 heteroatoms. The second-order valence-electron chi connectivity index (χ2n) is 7.00. The molecule has 0 saturated carbocycles. The van der Waals surface area contributed by atoms with E-state index in [4.69, 9.17) is 4.74 Å². The molecule has 0 aromatic heterocycles. The third-order valence-electron chi connectivity index (χ3n) is 3.24. The summed E-state index contributed by atoms with van der Waals surface area (Å²) in [5, 5.41) is 9.81. The first kappa shape index (κ1) is 22.3. The number of hydrogen-bond acceptors (Lipinski definition) is 3. The summed E-state index contributed by atoms with van der Waals surface area (Å²) in [7, 11) is 4.29. The molecule has 1 N–H and O–H groups in total. The van der Waals surface area contributed by atoms with Gasteiger partial charge in [0.1, 0.15) is 6.16 Å². The molecule has 1 unspecified atom stereocenters. The molecule has 0 aliphatic heterocycles. The normalized spacial score (nSPS) is 12.8. The Hall–Kier alpha value is -0.740. The van der Waals surface area contributed by atoms with Gasteiger partial charge in [-0.3, -0.25) is 0 Å². The van der Waals surface area contributed by atoms with Crippen LogP contribution in [0.1, 0.15) is 45.4 Å². The smallest absolute Gasteiger partial charge is 0.333 e. The van der Waals surface area contributed by atoms with Crippen LogP contribution in [0.3, 0.4) is 0 Å². The van der Waals surface area contributed by atoms with E-state index in [0.29, 0.717) is 29.4 Å². The van der Waals surface area contributed by atoms with E-state index in [9.17, 15) is 14.8 Å². The summed E-state index contributed by atoms with van der Waals surface area (Å²) in [6.07, 6.45) is 6.51. The van der Waals surface area contributed by atoms with Crippen LogP contribution in [-0.2, 0) is 9.53 Å². The summed E-state index contributed by atoms with van der Waals surface area (Å²) in [6.45, 7) is 6.06. The lowest BCUT2D eigenvalue weighted by Crippen LogP contribution is -2.39. The van der Waals surface area contributed by atoms with Crippen molar-refractivity contribution in [2.45, 2.75) is 45.4 Å². The van der Waals surface area contributed by atoms with Crippen molar-refractivity contribution in [3.8, 4) is 0 Å². The number of quaternary nitrogens is 1. The van der Waals surface area contributed by atoms with E-state index < -0.39 is 7.77 Å². The van der Waals surface area contributed by atoms with Gasteiger partial charge >= 0.3 is 5.97 Å². The number of aliphatic hydroxyl groups excluding tert-OH is 1. The molecule has 0 bridgehead atoms. The van der Waals surface area contributed by atoms with E-state index in [0.717, 1.165) is 38.5 Å². The molecule has 1 atom stereocenters. The van der Waals surface area contributed by atoms with Crippen LogP contribution in [0, 0.1) is 0 Å². The summed E-state index contributed by atoms with van der Waals surface area (Å²) >= 11 is 0. The Balaban J connectivity index is 3.61. The van der Waals surface area contributed by atoms with Crippen LogP contribution in [0.4, 0.5) is 0 Å². The summed E-state index contributed by atoms with van der Waals surface area (Å²) < 4.78 is 5.61. The molecule has 0 rings (SSSR count). The van der Waals surface area contributed by atoms with E-state index in [-0.39, 0.29) is 11.4 Å². The predicted octanol–water partition coefficient (Wildman–Crippen LogP) is 2.41. The number of carbonyl (C=O) groups is 1. The standard InChI is InChI=1S/C17H32NO4P/c1-15(2)17(20)22-12-10-8-6-7-9-11-13-23(21)16(19)14-18(3,4)5/h1,6-14H2,2-5H3/p+1. The third kappa shape index (κ3) is 13.4. The largest absolute Gasteiger partial charge is 0.629 e. The van der Waals surface area contributed by atoms with Gasteiger partial charge in [-0.15, -0.1) is 0 Å². The van der Waals surface area contributed by atoms with Gasteiger partial charge < -0.3 is 19.2 Å². The van der Waals surface area contributed by atoms with Crippen molar-refractivity contribution in [1.29, 1.82) is 0 Å². The molecular formula is C17H33NO4P+. The highest BCUT2D eigenvalue weighted by Crippen LogP contribution is 2.18. The lowest BCUT2D eigenvalue weighted by molar-refractivity contribution is -0.861. The maximum absolute atomic E-state index is 11.9. The van der Waals surface area contributed by atoms with Crippen molar-refractivity contribution >= 4 is 19.2 Å². The van der Waals surface area contributed by atoms with Gasteiger partial charge in [0, 0.05) is 5.57 Å². The van der Waals surface area contributed by atoms with Crippen LogP contribution in [0.15, 0.2) is 12.2 Å². The fraction of sp³-hybridized carbons (Fsp3) is 0.765. The number of carbonyl (C=O) groups excluding carboxylic acids is 1. The Morgan fingerprint density at radius 1 is 1.13 bits per heavy atom. The Bertz CT molecular complexity index is 413. The fourth-order valence-corrected chi connectivity index (χ4v) is 3.34. The zero-order chi connectivity index (χ0) is 17.9. The first-order chi connectivity index (χ1) is 10.6. The summed E-state index contributed by atoms with van der Waals surface area (Å²) in [6, 6.07) is 0. The van der Waals surface area contributed by atoms with Crippen LogP contribution in [-0.4, -0.2) is 61.5 Å². The quantitative estimate of drug-likeness (QED) is 0.194. The van der Waals surface area contributed by atoms with E-state index in [2.05, 4.69) is 6.58 Å². The van der Waals surface area contributed by atoms with Crippen molar-refractivity contribution in [2.24, 2.45) is 0 Å². The zero-order valence-corrected chi connectivity index (χ0v) is 16.0. The van der Waals surface area contributed by atoms with E-state index in [1.807, 2.05) is 21.1 Å². The average molecular weight is 346 g/mol. The number of hydrogen-bond donors (Lipinski definition) is 1. The van der Waals surface area contributed by atoms with Crippen LogP contribution < -0.4 is 4.89 Å². The summed E-state index contributed by atoms with van der Waals surface area (Å²) in [4.78, 5) is 23.1. The Kier molecular flexibility index (Phi) is 11.4. The second-order valence-corrected chi connectivity index (χ2v) is 8.72. The molecule has 0 radical (unpaired) electrons. The van der Waals surface area contributed by atoms with Gasteiger partial charge in [0.25, 0.3) is 5.48 Å². The minimum absolute atomic E-state index is 0.131. The second kappa shape index (κ2) is 11.7. The molecule has 0 spiro atoms. The number of likely N-dealkylation sites (N-methyl/N-ethyl adjacent to an activating group) is 1. The number of rotatable bonds is 12. The maximum Gasteiger partial charge on any atom is 0.333 e. The van der Waals surface area contributed by atoms with Crippen molar-refractivity contribution in [3.63, 3.8) is 0 Å². The molecule has 0 aromatic carbocycles. The number of ether oxygens (including phenoxy) is 1. The average Bonchev–Trinajstić information content (AvgIpc) is 2.42. The zero-order valence-electron chi connectivity index (χ0n) is 15.1. The Morgan fingerprint density at radius 3 is 2.17 bits per heavy atom. The number of aliphatic hydroxyl groups is 1. The number of esters is 1. The highest BCUT2D eigenvalue weighted by atomic mass is 31.1. The lowest BCUT2D eigenvalue weighted by atomic mass is 10.1. The highest BCUT2D eigenvalue weighted by molar-refractivity contribution is 7.51. The third-order valence-corrected chi connectivity index (χ3v) is 4.68. The van der Waals surface area contributed by atoms with Gasteiger partial charge in [0.15, 0.2) is 6.54 Å². The fourth-order valence-electron chi connectivity index (χ4n) is 1.98. The Morgan fingerprint density at radius 2 is 1.65 bits per heavy atom. The molecule has 23 heavy (non-hydrogen) atoms. The van der Waals surface area contributed by atoms with Gasteiger partial charge in [-0.25, -0.2) is 4.79 Å². The number of unbranched alkanes of at least 4 members (excludes halogenated alkanes) is 5. The summed E-state index contributed by atoms with van der Waals surface area (Å²) in [5.74, 6) is -0.321. The molecule has 0 amide bonds. The Labute approximate surface area is 142 Å². The van der Waals surface area contributed by atoms with Gasteiger partial charge in [-0.1, -0.05) is 25.8 Å². The molecular weight excluding hydrogens is 313 g/mol. The van der Waals surface area contributed by atoms with Crippen LogP contribution in [0.2, 0.25) is 0 Å². The molecule has 0 heterocycles. The van der Waals surface area contributed by atoms with Crippen LogP contribution in [0.5, 0.6) is 0 Å². The minimum Gasteiger partial charge on any atom is -0.629 e. The first-order valence-electron chi connectivity index (χ1n) is 8.26. The topological polar surface area (TPSA) is 69.6 Å². The van der Waals surface area contributed by atoms with Gasteiger partial charge in [0.2, 0.25) is 0 Å².